The molecule has 1 fully saturated rings. The van der Waals surface area contributed by atoms with E-state index in [0.717, 1.165) is 0 Å². The molecule has 12 nitrogen and oxygen atoms in total. The summed E-state index contributed by atoms with van der Waals surface area (Å²) in [5.74, 6) is -0.555. The van der Waals surface area contributed by atoms with Crippen LogP contribution in [0, 0.1) is 0 Å². The number of rotatable bonds is 10. The second kappa shape index (κ2) is 12.5. The summed E-state index contributed by atoms with van der Waals surface area (Å²) >= 11 is 6.22. The van der Waals surface area contributed by atoms with Gasteiger partial charge in [0, 0.05) is 61.9 Å². The number of amides is 1. The van der Waals surface area contributed by atoms with Crippen LogP contribution in [0.25, 0.3) is 16.9 Å². The van der Waals surface area contributed by atoms with Gasteiger partial charge in [0.2, 0.25) is 5.91 Å². The summed E-state index contributed by atoms with van der Waals surface area (Å²) in [6.07, 6.45) is 6.82. The van der Waals surface area contributed by atoms with Crippen molar-refractivity contribution >= 4 is 40.5 Å². The first-order valence-electron chi connectivity index (χ1n) is 12.7. The SMILES string of the molecule is COC(=O)CCN1CCN(C(=O)Cn2cc(Nc3cnn4cccnc34)c(-c3cc(Cl)ccc3OC(F)F)n2)CC1. The number of halogens is 3. The maximum Gasteiger partial charge on any atom is 0.387 e. The summed E-state index contributed by atoms with van der Waals surface area (Å²) in [7, 11) is 1.36. The minimum Gasteiger partial charge on any atom is -0.469 e. The molecule has 0 spiro atoms. The number of methoxy groups -OCH3 is 1. The fraction of sp³-hybridized carbons (Fsp3) is 0.346. The van der Waals surface area contributed by atoms with Gasteiger partial charge in [-0.25, -0.2) is 9.50 Å². The second-order valence-corrected chi connectivity index (χ2v) is 9.66. The first-order chi connectivity index (χ1) is 19.8. The summed E-state index contributed by atoms with van der Waals surface area (Å²) in [5, 5.41) is 12.3. The van der Waals surface area contributed by atoms with Crippen LogP contribution >= 0.6 is 11.6 Å². The van der Waals surface area contributed by atoms with Crippen LogP contribution in [0.3, 0.4) is 0 Å². The monoisotopic (exact) mass is 588 g/mol. The highest BCUT2D eigenvalue weighted by Gasteiger charge is 2.24. The van der Waals surface area contributed by atoms with Crippen molar-refractivity contribution in [2.45, 2.75) is 19.6 Å². The van der Waals surface area contributed by atoms with E-state index in [2.05, 4.69) is 25.4 Å². The van der Waals surface area contributed by atoms with E-state index in [4.69, 9.17) is 21.1 Å². The maximum absolute atomic E-state index is 13.2. The molecule has 0 aliphatic carbocycles. The van der Waals surface area contributed by atoms with Crippen molar-refractivity contribution in [3.05, 3.63) is 54.1 Å². The van der Waals surface area contributed by atoms with Crippen molar-refractivity contribution in [3.63, 3.8) is 0 Å². The Bertz CT molecular complexity index is 1540. The van der Waals surface area contributed by atoms with Gasteiger partial charge in [0.25, 0.3) is 0 Å². The molecule has 0 unspecified atom stereocenters. The van der Waals surface area contributed by atoms with E-state index in [1.165, 1.54) is 30.0 Å². The number of nitrogens with zero attached hydrogens (tertiary/aromatic N) is 7. The smallest absolute Gasteiger partial charge is 0.387 e. The molecule has 0 radical (unpaired) electrons. The van der Waals surface area contributed by atoms with Crippen LogP contribution in [-0.4, -0.2) is 92.5 Å². The topological polar surface area (TPSA) is 119 Å². The molecular formula is C26H27ClF2N8O4. The first-order valence-corrected chi connectivity index (χ1v) is 13.1. The van der Waals surface area contributed by atoms with Crippen LogP contribution < -0.4 is 10.1 Å². The van der Waals surface area contributed by atoms with E-state index < -0.39 is 6.61 Å². The Morgan fingerprint density at radius 1 is 1.17 bits per heavy atom. The van der Waals surface area contributed by atoms with Gasteiger partial charge in [-0.3, -0.25) is 19.2 Å². The molecule has 0 saturated carbocycles. The van der Waals surface area contributed by atoms with Crippen LogP contribution in [0.1, 0.15) is 6.42 Å². The van der Waals surface area contributed by atoms with Gasteiger partial charge < -0.3 is 19.7 Å². The van der Waals surface area contributed by atoms with E-state index in [-0.39, 0.29) is 35.4 Å². The summed E-state index contributed by atoms with van der Waals surface area (Å²) < 4.78 is 38.9. The van der Waals surface area contributed by atoms with Crippen LogP contribution in [0.15, 0.2) is 49.1 Å². The number of esters is 1. The number of piperazine rings is 1. The van der Waals surface area contributed by atoms with Gasteiger partial charge in [-0.2, -0.15) is 19.0 Å². The lowest BCUT2D eigenvalue weighted by molar-refractivity contribution is -0.141. The van der Waals surface area contributed by atoms with Gasteiger partial charge in [-0.1, -0.05) is 11.6 Å². The number of nitrogens with one attached hydrogen (secondary N) is 1. The third kappa shape index (κ3) is 6.72. The molecule has 0 atom stereocenters. The molecule has 1 N–H and O–H groups in total. The number of aromatic nitrogens is 5. The van der Waals surface area contributed by atoms with E-state index in [0.29, 0.717) is 61.2 Å². The molecule has 1 aliphatic rings. The zero-order valence-corrected chi connectivity index (χ0v) is 22.8. The Kier molecular flexibility index (Phi) is 8.59. The number of anilines is 2. The van der Waals surface area contributed by atoms with Gasteiger partial charge in [-0.05, 0) is 24.3 Å². The zero-order chi connectivity index (χ0) is 28.9. The Hall–Kier alpha value is -4.30. The van der Waals surface area contributed by atoms with E-state index in [9.17, 15) is 18.4 Å². The lowest BCUT2D eigenvalue weighted by atomic mass is 10.1. The van der Waals surface area contributed by atoms with Gasteiger partial charge in [-0.15, -0.1) is 0 Å². The van der Waals surface area contributed by atoms with E-state index >= 15 is 0 Å². The molecule has 1 aliphatic heterocycles. The van der Waals surface area contributed by atoms with Crippen LogP contribution in [0.2, 0.25) is 5.02 Å². The summed E-state index contributed by atoms with van der Waals surface area (Å²) in [4.78, 5) is 32.8. The van der Waals surface area contributed by atoms with Crippen molar-refractivity contribution < 1.29 is 27.8 Å². The Morgan fingerprint density at radius 2 is 1.98 bits per heavy atom. The van der Waals surface area contributed by atoms with E-state index in [1.54, 1.807) is 40.3 Å². The van der Waals surface area contributed by atoms with Crippen LogP contribution in [0.4, 0.5) is 20.2 Å². The molecular weight excluding hydrogens is 562 g/mol. The standard InChI is InChI=1S/C26H27ClF2N8O4/c1-40-23(39)5-8-34-9-11-35(12-10-34)22(38)16-36-15-20(32-19-14-31-37-7-2-6-30-25(19)37)24(33-36)18-13-17(27)3-4-21(18)41-26(28)29/h2-4,6-7,13-15,26,32H,5,8-12,16H2,1H3. The summed E-state index contributed by atoms with van der Waals surface area (Å²) in [5.41, 5.74) is 1.95. The quantitative estimate of drug-likeness (QED) is 0.278. The van der Waals surface area contributed by atoms with Gasteiger partial charge in [0.15, 0.2) is 5.65 Å². The maximum atomic E-state index is 13.2. The Morgan fingerprint density at radius 3 is 2.73 bits per heavy atom. The number of carbonyl (C=O) groups excluding carboxylic acids is 2. The van der Waals surface area contributed by atoms with Gasteiger partial charge >= 0.3 is 12.6 Å². The lowest BCUT2D eigenvalue weighted by Crippen LogP contribution is -2.49. The molecule has 1 saturated heterocycles. The average Bonchev–Trinajstić information content (AvgIpc) is 3.56. The Balaban J connectivity index is 1.39. The summed E-state index contributed by atoms with van der Waals surface area (Å²) in [6.45, 7) is -0.355. The lowest BCUT2D eigenvalue weighted by Gasteiger charge is -2.34. The van der Waals surface area contributed by atoms with Crippen molar-refractivity contribution in [1.29, 1.82) is 0 Å². The third-order valence-electron chi connectivity index (χ3n) is 6.61. The van der Waals surface area contributed by atoms with Crippen LogP contribution in [0.5, 0.6) is 5.75 Å². The molecule has 4 aromatic rings. The number of carbonyl (C=O) groups is 2. The molecule has 3 aromatic heterocycles. The van der Waals surface area contributed by atoms with Crippen molar-refractivity contribution in [2.24, 2.45) is 0 Å². The highest BCUT2D eigenvalue weighted by atomic mass is 35.5. The molecule has 5 rings (SSSR count). The van der Waals surface area contributed by atoms with Crippen molar-refractivity contribution in [2.75, 3.05) is 45.2 Å². The fourth-order valence-electron chi connectivity index (χ4n) is 4.55. The number of ether oxygens (including phenoxy) is 2. The summed E-state index contributed by atoms with van der Waals surface area (Å²) in [6, 6.07) is 5.99. The highest BCUT2D eigenvalue weighted by molar-refractivity contribution is 6.31. The molecule has 15 heteroatoms. The first kappa shape index (κ1) is 28.2. The molecule has 4 heterocycles. The minimum absolute atomic E-state index is 0.0878. The van der Waals surface area contributed by atoms with Gasteiger partial charge in [0.1, 0.15) is 23.7 Å². The average molecular weight is 589 g/mol. The van der Waals surface area contributed by atoms with Crippen molar-refractivity contribution in [3.8, 4) is 17.0 Å². The molecule has 216 valence electrons. The minimum atomic E-state index is -3.06. The molecule has 1 aromatic carbocycles. The van der Waals surface area contributed by atoms with E-state index in [1.807, 2.05) is 0 Å². The fourth-order valence-corrected chi connectivity index (χ4v) is 4.72. The molecule has 1 amide bonds. The zero-order valence-electron chi connectivity index (χ0n) is 22.0. The number of fused-ring (bicyclic) bond motifs is 1. The third-order valence-corrected chi connectivity index (χ3v) is 6.84. The molecule has 41 heavy (non-hydrogen) atoms. The Labute approximate surface area is 238 Å². The molecule has 0 bridgehead atoms. The normalized spacial score (nSPS) is 14.0. The largest absolute Gasteiger partial charge is 0.469 e. The number of hydrogen-bond acceptors (Lipinski definition) is 9. The predicted molar refractivity (Wildman–Crippen MR) is 145 cm³/mol. The van der Waals surface area contributed by atoms with Crippen molar-refractivity contribution in [1.82, 2.24) is 34.2 Å². The van der Waals surface area contributed by atoms with Crippen LogP contribution in [-0.2, 0) is 20.9 Å². The van der Waals surface area contributed by atoms with Gasteiger partial charge in [0.05, 0.1) is 25.4 Å². The highest BCUT2D eigenvalue weighted by Crippen LogP contribution is 2.38. The predicted octanol–water partition coefficient (Wildman–Crippen LogP) is 3.30. The number of alkyl halides is 2. The second-order valence-electron chi connectivity index (χ2n) is 9.23. The number of hydrogen-bond donors (Lipinski definition) is 1. The number of benzene rings is 1.